The second-order valence-corrected chi connectivity index (χ2v) is 13.8. The Hall–Kier alpha value is -5.36. The largest absolute Gasteiger partial charge is 0.496 e. The molecule has 2 N–H and O–H groups in total. The summed E-state index contributed by atoms with van der Waals surface area (Å²) >= 11 is 0. The number of aromatic amines is 1. The number of benzene rings is 3. The Kier molecular flexibility index (Phi) is 12.0. The first kappa shape index (κ1) is 37.4. The van der Waals surface area contributed by atoms with Crippen molar-refractivity contribution in [3.05, 3.63) is 71.4 Å². The average molecular weight is 723 g/mol. The molecule has 53 heavy (non-hydrogen) atoms. The number of rotatable bonds is 12. The Labute approximate surface area is 311 Å². The van der Waals surface area contributed by atoms with E-state index in [9.17, 15) is 14.4 Å². The molecule has 0 saturated carbocycles. The van der Waals surface area contributed by atoms with E-state index in [-0.39, 0.29) is 5.56 Å². The summed E-state index contributed by atoms with van der Waals surface area (Å²) < 4.78 is 12.1. The number of hydrogen-bond acceptors (Lipinski definition) is 10. The number of amides is 3. The highest BCUT2D eigenvalue weighted by Gasteiger charge is 2.29. The molecule has 2 aliphatic rings. The predicted octanol–water partition coefficient (Wildman–Crippen LogP) is 4.80. The fourth-order valence-electron chi connectivity index (χ4n) is 6.85. The fourth-order valence-corrected chi connectivity index (χ4v) is 6.85. The number of para-hydroxylation sites is 1. The van der Waals surface area contributed by atoms with E-state index < -0.39 is 11.9 Å². The van der Waals surface area contributed by atoms with Crippen molar-refractivity contribution in [2.24, 2.45) is 0 Å². The number of H-pyrrole nitrogens is 1. The second-order valence-electron chi connectivity index (χ2n) is 13.8. The van der Waals surface area contributed by atoms with Crippen LogP contribution in [0.15, 0.2) is 60.3 Å². The minimum Gasteiger partial charge on any atom is -0.496 e. The van der Waals surface area contributed by atoms with Gasteiger partial charge in [-0.3, -0.25) is 4.79 Å². The molecule has 0 aliphatic carbocycles. The SMILES string of the molecule is CNC(=O)N(C(=O)c1ccc(-c2cccc3[nH]c(N4CCN(C)CC4)nc23)c(OC)c1)c1ccc(C)cc1OCCCCC(=C=O)N1CCN(C)CC1. The summed E-state index contributed by atoms with van der Waals surface area (Å²) in [5.41, 5.74) is 5.57. The lowest BCUT2D eigenvalue weighted by molar-refractivity contribution is 0.0992. The number of aromatic nitrogens is 2. The molecule has 2 aliphatic heterocycles. The number of methoxy groups -OCH3 is 1. The number of piperazine rings is 2. The van der Waals surface area contributed by atoms with Crippen LogP contribution < -0.4 is 24.6 Å². The molecule has 2 saturated heterocycles. The summed E-state index contributed by atoms with van der Waals surface area (Å²) in [6.45, 7) is 9.46. The lowest BCUT2D eigenvalue weighted by Crippen LogP contribution is -2.44. The number of carbonyl (C=O) groups excluding carboxylic acids is 3. The molecule has 0 unspecified atom stereocenters. The number of imidazole rings is 1. The van der Waals surface area contributed by atoms with E-state index in [4.69, 9.17) is 14.5 Å². The standard InChI is InChI=1S/C40H50N8O5/c1-28-12-15-34(36(25-28)53-24-7-6-9-30(27-49)46-20-16-44(3)17-21-46)48(40(51)41-2)38(50)29-13-14-31(35(26-29)52-5)32-10-8-11-33-37(32)43-39(42-33)47-22-18-45(4)19-23-47/h8,10-15,25-26H,6-7,9,16-24H2,1-5H3,(H,41,51)(H,42,43). The van der Waals surface area contributed by atoms with E-state index in [1.165, 1.54) is 7.05 Å². The number of imide groups is 1. The van der Waals surface area contributed by atoms with Crippen molar-refractivity contribution >= 4 is 40.5 Å². The van der Waals surface area contributed by atoms with Gasteiger partial charge in [0, 0.05) is 76.1 Å². The van der Waals surface area contributed by atoms with Crippen LogP contribution in [0.1, 0.15) is 35.2 Å². The third-order valence-corrected chi connectivity index (χ3v) is 10.1. The van der Waals surface area contributed by atoms with Gasteiger partial charge in [-0.05, 0) is 82.2 Å². The number of ether oxygens (including phenoxy) is 2. The number of unbranched alkanes of at least 4 members (excludes halogenated alkanes) is 1. The van der Waals surface area contributed by atoms with Crippen LogP contribution in [0.5, 0.6) is 11.5 Å². The van der Waals surface area contributed by atoms with E-state index in [2.05, 4.69) is 49.9 Å². The average Bonchev–Trinajstić information content (AvgIpc) is 3.62. The number of nitrogens with one attached hydrogen (secondary N) is 2. The second kappa shape index (κ2) is 17.0. The minimum atomic E-state index is -0.600. The summed E-state index contributed by atoms with van der Waals surface area (Å²) in [6.07, 6.45) is 2.04. The van der Waals surface area contributed by atoms with Crippen molar-refractivity contribution in [3.8, 4) is 22.6 Å². The Balaban J connectivity index is 1.20. The number of nitrogens with zero attached hydrogens (tertiary/aromatic N) is 6. The van der Waals surface area contributed by atoms with E-state index in [1.54, 1.807) is 25.3 Å². The van der Waals surface area contributed by atoms with Crippen LogP contribution in [0, 0.1) is 6.92 Å². The van der Waals surface area contributed by atoms with Gasteiger partial charge >= 0.3 is 6.03 Å². The van der Waals surface area contributed by atoms with Gasteiger partial charge in [-0.1, -0.05) is 18.2 Å². The van der Waals surface area contributed by atoms with Gasteiger partial charge in [0.1, 0.15) is 17.4 Å². The zero-order chi connectivity index (χ0) is 37.5. The number of allylic oxidation sites excluding steroid dienone is 1. The summed E-state index contributed by atoms with van der Waals surface area (Å²) in [7, 11) is 7.26. The molecule has 0 radical (unpaired) electrons. The molecule has 280 valence electrons. The van der Waals surface area contributed by atoms with Crippen molar-refractivity contribution in [2.75, 3.05) is 97.0 Å². The third-order valence-electron chi connectivity index (χ3n) is 10.1. The van der Waals surface area contributed by atoms with Crippen LogP contribution in [0.3, 0.4) is 0 Å². The number of carbonyl (C=O) groups is 2. The minimum absolute atomic E-state index is 0.269. The van der Waals surface area contributed by atoms with Gasteiger partial charge in [-0.2, -0.15) is 0 Å². The molecule has 0 bridgehead atoms. The van der Waals surface area contributed by atoms with Gasteiger partial charge in [0.15, 0.2) is 0 Å². The molecule has 3 amide bonds. The van der Waals surface area contributed by atoms with Crippen LogP contribution >= 0.6 is 0 Å². The maximum Gasteiger partial charge on any atom is 0.328 e. The van der Waals surface area contributed by atoms with E-state index >= 15 is 0 Å². The summed E-state index contributed by atoms with van der Waals surface area (Å²) in [6, 6.07) is 16.0. The Bertz CT molecular complexity index is 1970. The van der Waals surface area contributed by atoms with Crippen molar-refractivity contribution < 1.29 is 23.9 Å². The third kappa shape index (κ3) is 8.49. The summed E-state index contributed by atoms with van der Waals surface area (Å²) in [5, 5.41) is 2.62. The van der Waals surface area contributed by atoms with E-state index in [1.807, 2.05) is 43.3 Å². The molecule has 6 rings (SSSR count). The molecular weight excluding hydrogens is 672 g/mol. The Morgan fingerprint density at radius 2 is 1.64 bits per heavy atom. The smallest absolute Gasteiger partial charge is 0.328 e. The molecule has 3 aromatic carbocycles. The van der Waals surface area contributed by atoms with Crippen molar-refractivity contribution in [1.29, 1.82) is 0 Å². The van der Waals surface area contributed by atoms with Crippen molar-refractivity contribution in [1.82, 2.24) is 30.0 Å². The molecule has 4 aromatic rings. The van der Waals surface area contributed by atoms with Gasteiger partial charge in [-0.15, -0.1) is 0 Å². The van der Waals surface area contributed by atoms with Crippen LogP contribution in [-0.4, -0.2) is 130 Å². The molecule has 0 atom stereocenters. The van der Waals surface area contributed by atoms with Crippen molar-refractivity contribution in [2.45, 2.75) is 26.2 Å². The number of urea groups is 1. The number of likely N-dealkylation sites (N-methyl/N-ethyl adjacent to an activating group) is 2. The number of anilines is 2. The van der Waals surface area contributed by atoms with Crippen LogP contribution in [0.2, 0.25) is 0 Å². The zero-order valence-electron chi connectivity index (χ0n) is 31.4. The lowest BCUT2D eigenvalue weighted by atomic mass is 10.0. The van der Waals surface area contributed by atoms with E-state index in [0.29, 0.717) is 42.3 Å². The van der Waals surface area contributed by atoms with Gasteiger partial charge < -0.3 is 39.4 Å². The highest BCUT2D eigenvalue weighted by Crippen LogP contribution is 2.37. The number of aryl methyl sites for hydroxylation is 1. The summed E-state index contributed by atoms with van der Waals surface area (Å²) in [5.74, 6) is 3.33. The van der Waals surface area contributed by atoms with Crippen molar-refractivity contribution in [3.63, 3.8) is 0 Å². The highest BCUT2D eigenvalue weighted by atomic mass is 16.5. The normalized spacial score (nSPS) is 15.3. The van der Waals surface area contributed by atoms with Gasteiger partial charge in [0.05, 0.1) is 36.1 Å². The molecule has 0 spiro atoms. The molecular formula is C40H50N8O5. The number of hydrogen-bond donors (Lipinski definition) is 2. The topological polar surface area (TPSA) is 127 Å². The maximum absolute atomic E-state index is 14.2. The van der Waals surface area contributed by atoms with Crippen LogP contribution in [0.25, 0.3) is 22.2 Å². The zero-order valence-corrected chi connectivity index (χ0v) is 31.4. The van der Waals surface area contributed by atoms with Crippen LogP contribution in [0.4, 0.5) is 16.4 Å². The number of fused-ring (bicyclic) bond motifs is 1. The van der Waals surface area contributed by atoms with Gasteiger partial charge in [-0.25, -0.2) is 19.5 Å². The lowest BCUT2D eigenvalue weighted by Gasteiger charge is -2.34. The molecule has 1 aromatic heterocycles. The first-order valence-electron chi connectivity index (χ1n) is 18.3. The predicted molar refractivity (Wildman–Crippen MR) is 208 cm³/mol. The molecule has 13 nitrogen and oxygen atoms in total. The summed E-state index contributed by atoms with van der Waals surface area (Å²) in [4.78, 5) is 57.9. The molecule has 2 fully saturated rings. The first-order chi connectivity index (χ1) is 25.7. The maximum atomic E-state index is 14.2. The first-order valence-corrected chi connectivity index (χ1v) is 18.3. The van der Waals surface area contributed by atoms with Gasteiger partial charge in [0.2, 0.25) is 5.95 Å². The fraction of sp³-hybridized carbons (Fsp3) is 0.425. The highest BCUT2D eigenvalue weighted by molar-refractivity contribution is 6.21. The monoisotopic (exact) mass is 722 g/mol. The van der Waals surface area contributed by atoms with Crippen LogP contribution in [-0.2, 0) is 4.79 Å². The molecule has 13 heteroatoms. The Morgan fingerprint density at radius 3 is 2.34 bits per heavy atom. The molecule has 3 heterocycles. The quantitative estimate of drug-likeness (QED) is 0.156. The van der Waals surface area contributed by atoms with E-state index in [0.717, 1.165) is 97.4 Å². The van der Waals surface area contributed by atoms with Gasteiger partial charge in [0.25, 0.3) is 5.91 Å². The Morgan fingerprint density at radius 1 is 0.906 bits per heavy atom.